The van der Waals surface area contributed by atoms with E-state index >= 15 is 0 Å². The van der Waals surface area contributed by atoms with E-state index in [9.17, 15) is 9.59 Å². The molecule has 3 aromatic heterocycles. The van der Waals surface area contributed by atoms with Crippen molar-refractivity contribution in [2.45, 2.75) is 19.5 Å². The summed E-state index contributed by atoms with van der Waals surface area (Å²) in [6, 6.07) is 7.30. The van der Waals surface area contributed by atoms with Crippen LogP contribution in [0.2, 0.25) is 0 Å². The highest BCUT2D eigenvalue weighted by molar-refractivity contribution is 7.09. The second-order valence-electron chi connectivity index (χ2n) is 5.37. The molecule has 0 saturated heterocycles. The Morgan fingerprint density at radius 2 is 2.24 bits per heavy atom. The summed E-state index contributed by atoms with van der Waals surface area (Å²) in [5.41, 5.74) is 0.430. The number of carbonyl (C=O) groups is 1. The van der Waals surface area contributed by atoms with Gasteiger partial charge in [-0.25, -0.2) is 9.97 Å². The highest BCUT2D eigenvalue weighted by Gasteiger charge is 2.18. The predicted molar refractivity (Wildman–Crippen MR) is 95.8 cm³/mol. The molecule has 0 saturated carbocycles. The molecule has 7 nitrogen and oxygen atoms in total. The van der Waals surface area contributed by atoms with Gasteiger partial charge in [-0.2, -0.15) is 0 Å². The lowest BCUT2D eigenvalue weighted by Crippen LogP contribution is -2.35. The number of aryl methyl sites for hydroxylation is 1. The Kier molecular flexibility index (Phi) is 5.52. The fourth-order valence-corrected chi connectivity index (χ4v) is 3.11. The van der Waals surface area contributed by atoms with Crippen LogP contribution in [0.3, 0.4) is 0 Å². The third-order valence-corrected chi connectivity index (χ3v) is 4.53. The summed E-state index contributed by atoms with van der Waals surface area (Å²) in [6.45, 7) is 1.29. The number of thiophene rings is 1. The maximum atomic E-state index is 12.7. The second-order valence-corrected chi connectivity index (χ2v) is 6.40. The maximum absolute atomic E-state index is 12.7. The molecular formula is C17H18N4O3S. The van der Waals surface area contributed by atoms with E-state index in [2.05, 4.69) is 15.3 Å². The van der Waals surface area contributed by atoms with Crippen molar-refractivity contribution in [1.82, 2.24) is 19.9 Å². The van der Waals surface area contributed by atoms with Gasteiger partial charge in [0.15, 0.2) is 11.3 Å². The summed E-state index contributed by atoms with van der Waals surface area (Å²) in [6.07, 6.45) is 2.25. The Morgan fingerprint density at radius 1 is 1.36 bits per heavy atom. The molecule has 0 spiro atoms. The molecule has 0 atom stereocenters. The van der Waals surface area contributed by atoms with Crippen molar-refractivity contribution in [1.29, 1.82) is 0 Å². The van der Waals surface area contributed by atoms with Crippen molar-refractivity contribution >= 4 is 28.4 Å². The standard InChI is InChI=1S/C17H18N4O3S/c1-24-9-4-8-21-15-13(6-2-7-18-15)20-14(17(21)23)16(22)19-11-12-5-3-10-25-12/h2-3,5-7,10H,4,8-9,11H2,1H3,(H,19,22). The van der Waals surface area contributed by atoms with Gasteiger partial charge in [0, 0.05) is 31.3 Å². The van der Waals surface area contributed by atoms with Crippen LogP contribution in [0, 0.1) is 0 Å². The van der Waals surface area contributed by atoms with Gasteiger partial charge in [0.05, 0.1) is 6.54 Å². The van der Waals surface area contributed by atoms with Crippen LogP contribution in [0.25, 0.3) is 11.2 Å². The van der Waals surface area contributed by atoms with E-state index in [1.165, 1.54) is 4.57 Å². The Morgan fingerprint density at radius 3 is 3.00 bits per heavy atom. The average molecular weight is 358 g/mol. The second kappa shape index (κ2) is 8.00. The summed E-state index contributed by atoms with van der Waals surface area (Å²) >= 11 is 1.54. The quantitative estimate of drug-likeness (QED) is 0.651. The van der Waals surface area contributed by atoms with E-state index in [0.29, 0.717) is 37.3 Å². The Balaban J connectivity index is 1.92. The lowest BCUT2D eigenvalue weighted by atomic mass is 10.3. The molecule has 0 aliphatic carbocycles. The average Bonchev–Trinajstić information content (AvgIpc) is 3.15. The lowest BCUT2D eigenvalue weighted by Gasteiger charge is -2.11. The summed E-state index contributed by atoms with van der Waals surface area (Å²) in [4.78, 5) is 34.7. The molecule has 3 rings (SSSR count). The van der Waals surface area contributed by atoms with Crippen molar-refractivity contribution in [3.05, 3.63) is 56.8 Å². The first kappa shape index (κ1) is 17.2. The van der Waals surface area contributed by atoms with Gasteiger partial charge in [-0.3, -0.25) is 14.2 Å². The number of methoxy groups -OCH3 is 1. The first-order valence-corrected chi connectivity index (χ1v) is 8.73. The molecule has 0 fully saturated rings. The summed E-state index contributed by atoms with van der Waals surface area (Å²) in [5.74, 6) is -0.482. The first-order valence-electron chi connectivity index (χ1n) is 7.86. The minimum atomic E-state index is -0.482. The van der Waals surface area contributed by atoms with Crippen LogP contribution >= 0.6 is 11.3 Å². The SMILES string of the molecule is COCCCn1c(=O)c(C(=O)NCc2cccs2)nc2cccnc21. The summed E-state index contributed by atoms with van der Waals surface area (Å²) < 4.78 is 6.53. The van der Waals surface area contributed by atoms with Gasteiger partial charge < -0.3 is 10.1 Å². The van der Waals surface area contributed by atoms with Gasteiger partial charge in [0.25, 0.3) is 11.5 Å². The molecule has 0 radical (unpaired) electrons. The Labute approximate surface area is 148 Å². The number of ether oxygens (including phenoxy) is 1. The number of rotatable bonds is 7. The molecule has 25 heavy (non-hydrogen) atoms. The topological polar surface area (TPSA) is 86.1 Å². The van der Waals surface area contributed by atoms with Crippen molar-refractivity contribution < 1.29 is 9.53 Å². The number of carbonyl (C=O) groups excluding carboxylic acids is 1. The molecule has 0 aliphatic rings. The van der Waals surface area contributed by atoms with Crippen molar-refractivity contribution in [3.8, 4) is 0 Å². The molecule has 1 amide bonds. The van der Waals surface area contributed by atoms with Crippen molar-refractivity contribution in [2.24, 2.45) is 0 Å². The predicted octanol–water partition coefficient (Wildman–Crippen LogP) is 1.82. The minimum Gasteiger partial charge on any atom is -0.385 e. The van der Waals surface area contributed by atoms with Gasteiger partial charge in [-0.05, 0) is 30.0 Å². The number of aromatic nitrogens is 3. The number of amides is 1. The molecule has 130 valence electrons. The van der Waals surface area contributed by atoms with Crippen LogP contribution in [0.5, 0.6) is 0 Å². The maximum Gasteiger partial charge on any atom is 0.283 e. The van der Waals surface area contributed by atoms with Gasteiger partial charge in [-0.15, -0.1) is 11.3 Å². The smallest absolute Gasteiger partial charge is 0.283 e. The fraction of sp³-hybridized carbons (Fsp3) is 0.294. The number of pyridine rings is 1. The molecule has 3 aromatic rings. The highest BCUT2D eigenvalue weighted by atomic mass is 32.1. The van der Waals surface area contributed by atoms with Crippen LogP contribution < -0.4 is 10.9 Å². The van der Waals surface area contributed by atoms with Crippen LogP contribution in [0.4, 0.5) is 0 Å². The number of hydrogen-bond acceptors (Lipinski definition) is 6. The minimum absolute atomic E-state index is 0.116. The normalized spacial score (nSPS) is 10.9. The van der Waals surface area contributed by atoms with E-state index in [1.54, 1.807) is 36.8 Å². The third-order valence-electron chi connectivity index (χ3n) is 3.65. The number of nitrogens with one attached hydrogen (secondary N) is 1. The number of hydrogen-bond donors (Lipinski definition) is 1. The van der Waals surface area contributed by atoms with E-state index in [1.807, 2.05) is 17.5 Å². The summed E-state index contributed by atoms with van der Waals surface area (Å²) in [5, 5.41) is 4.69. The number of fused-ring (bicyclic) bond motifs is 1. The van der Waals surface area contributed by atoms with Gasteiger partial charge in [-0.1, -0.05) is 6.07 Å². The first-order chi connectivity index (χ1) is 12.2. The lowest BCUT2D eigenvalue weighted by molar-refractivity contribution is 0.0944. The number of nitrogens with zero attached hydrogens (tertiary/aromatic N) is 3. The van der Waals surface area contributed by atoms with Crippen LogP contribution in [-0.2, 0) is 17.8 Å². The zero-order valence-electron chi connectivity index (χ0n) is 13.8. The van der Waals surface area contributed by atoms with E-state index in [-0.39, 0.29) is 5.69 Å². The summed E-state index contributed by atoms with van der Waals surface area (Å²) in [7, 11) is 1.61. The molecule has 3 heterocycles. The molecule has 8 heteroatoms. The molecular weight excluding hydrogens is 340 g/mol. The zero-order valence-corrected chi connectivity index (χ0v) is 14.6. The van der Waals surface area contributed by atoms with E-state index < -0.39 is 11.5 Å². The van der Waals surface area contributed by atoms with E-state index in [4.69, 9.17) is 4.74 Å². The molecule has 0 unspecified atom stereocenters. The van der Waals surface area contributed by atoms with Gasteiger partial charge >= 0.3 is 0 Å². The van der Waals surface area contributed by atoms with Crippen LogP contribution in [0.1, 0.15) is 21.8 Å². The third kappa shape index (κ3) is 3.92. The van der Waals surface area contributed by atoms with Gasteiger partial charge in [0.2, 0.25) is 0 Å². The van der Waals surface area contributed by atoms with Gasteiger partial charge in [0.1, 0.15) is 5.52 Å². The Bertz CT molecular complexity index is 921. The van der Waals surface area contributed by atoms with Crippen LogP contribution in [-0.4, -0.2) is 34.2 Å². The fourth-order valence-electron chi connectivity index (χ4n) is 2.46. The zero-order chi connectivity index (χ0) is 17.6. The Hall–Kier alpha value is -2.58. The monoisotopic (exact) mass is 358 g/mol. The highest BCUT2D eigenvalue weighted by Crippen LogP contribution is 2.09. The molecule has 0 aromatic carbocycles. The molecule has 1 N–H and O–H groups in total. The van der Waals surface area contributed by atoms with Crippen molar-refractivity contribution in [3.63, 3.8) is 0 Å². The van der Waals surface area contributed by atoms with Crippen LogP contribution in [0.15, 0.2) is 40.6 Å². The van der Waals surface area contributed by atoms with Crippen molar-refractivity contribution in [2.75, 3.05) is 13.7 Å². The molecule has 0 aliphatic heterocycles. The van der Waals surface area contributed by atoms with E-state index in [0.717, 1.165) is 4.88 Å². The molecule has 0 bridgehead atoms. The largest absolute Gasteiger partial charge is 0.385 e.